The number of halogens is 1. The number of nitrogens with one attached hydrogen (secondary N) is 1. The van der Waals surface area contributed by atoms with Crippen LogP contribution < -0.4 is 11.1 Å². The lowest BCUT2D eigenvalue weighted by atomic mass is 10.2. The van der Waals surface area contributed by atoms with E-state index in [0.717, 1.165) is 24.7 Å². The van der Waals surface area contributed by atoms with Crippen LogP contribution in [-0.2, 0) is 16.1 Å². The standard InChI is InChI=1S/C16H20ClN5O2S2/c17-12-3-1-2-11(6-12)8-22-4-5-24-13(9-22)7-19-14(23)10-25-16-21-20-15(18)26-16/h1-3,6,13H,4-5,7-10H2,(H2,18,20)(H,19,23)/t13-/m0/s1. The van der Waals surface area contributed by atoms with Crippen LogP contribution in [0.4, 0.5) is 5.13 Å². The van der Waals surface area contributed by atoms with Gasteiger partial charge in [-0.15, -0.1) is 10.2 Å². The van der Waals surface area contributed by atoms with E-state index < -0.39 is 0 Å². The molecule has 1 aromatic heterocycles. The first-order valence-corrected chi connectivity index (χ1v) is 10.3. The molecule has 3 N–H and O–H groups in total. The summed E-state index contributed by atoms with van der Waals surface area (Å²) in [5, 5.41) is 11.7. The van der Waals surface area contributed by atoms with Crippen molar-refractivity contribution >= 4 is 45.7 Å². The number of carbonyl (C=O) groups excluding carboxylic acids is 1. The van der Waals surface area contributed by atoms with Crippen molar-refractivity contribution in [2.45, 2.75) is 17.0 Å². The van der Waals surface area contributed by atoms with Crippen LogP contribution in [0.5, 0.6) is 0 Å². The first kappa shape index (κ1) is 19.4. The summed E-state index contributed by atoms with van der Waals surface area (Å²) in [6, 6.07) is 7.87. The molecule has 140 valence electrons. The Balaban J connectivity index is 1.39. The SMILES string of the molecule is Nc1nnc(SCC(=O)NC[C@H]2CN(Cc3cccc(Cl)c3)CCO2)s1. The maximum atomic E-state index is 12.0. The summed E-state index contributed by atoms with van der Waals surface area (Å²) < 4.78 is 6.45. The van der Waals surface area contributed by atoms with Crippen molar-refractivity contribution in [3.63, 3.8) is 0 Å². The van der Waals surface area contributed by atoms with Gasteiger partial charge in [-0.25, -0.2) is 0 Å². The first-order chi connectivity index (χ1) is 12.6. The van der Waals surface area contributed by atoms with Crippen LogP contribution in [0.2, 0.25) is 5.02 Å². The van der Waals surface area contributed by atoms with Gasteiger partial charge in [-0.3, -0.25) is 9.69 Å². The Hall–Kier alpha value is -1.39. The van der Waals surface area contributed by atoms with Crippen molar-refractivity contribution in [2.75, 3.05) is 37.7 Å². The molecule has 26 heavy (non-hydrogen) atoms. The van der Waals surface area contributed by atoms with Gasteiger partial charge in [-0.05, 0) is 17.7 Å². The van der Waals surface area contributed by atoms with E-state index in [1.165, 1.54) is 28.7 Å². The Morgan fingerprint density at radius 3 is 3.15 bits per heavy atom. The summed E-state index contributed by atoms with van der Waals surface area (Å²) in [7, 11) is 0. The lowest BCUT2D eigenvalue weighted by Gasteiger charge is -2.33. The highest BCUT2D eigenvalue weighted by Crippen LogP contribution is 2.23. The second kappa shape index (κ2) is 9.52. The van der Waals surface area contributed by atoms with Crippen LogP contribution in [-0.4, -0.2) is 59.1 Å². The van der Waals surface area contributed by atoms with Crippen LogP contribution in [0, 0.1) is 0 Å². The molecule has 0 bridgehead atoms. The molecule has 0 aliphatic carbocycles. The predicted octanol–water partition coefficient (Wildman–Crippen LogP) is 1.88. The van der Waals surface area contributed by atoms with Gasteiger partial charge in [0.15, 0.2) is 4.34 Å². The Morgan fingerprint density at radius 2 is 2.38 bits per heavy atom. The van der Waals surface area contributed by atoms with Gasteiger partial charge in [0.1, 0.15) is 0 Å². The van der Waals surface area contributed by atoms with E-state index in [2.05, 4.69) is 26.5 Å². The molecule has 1 aliphatic heterocycles. The molecule has 2 aromatic rings. The van der Waals surface area contributed by atoms with Gasteiger partial charge in [0.05, 0.1) is 18.5 Å². The number of nitrogens with two attached hydrogens (primary N) is 1. The van der Waals surface area contributed by atoms with Crippen molar-refractivity contribution in [2.24, 2.45) is 0 Å². The number of thioether (sulfide) groups is 1. The van der Waals surface area contributed by atoms with Crippen LogP contribution in [0.1, 0.15) is 5.56 Å². The van der Waals surface area contributed by atoms with E-state index in [-0.39, 0.29) is 17.8 Å². The number of carbonyl (C=O) groups is 1. The number of rotatable bonds is 7. The molecule has 1 aliphatic rings. The van der Waals surface area contributed by atoms with Gasteiger partial charge in [-0.2, -0.15) is 0 Å². The molecular weight excluding hydrogens is 394 g/mol. The van der Waals surface area contributed by atoms with Gasteiger partial charge in [0.2, 0.25) is 11.0 Å². The van der Waals surface area contributed by atoms with E-state index in [1.807, 2.05) is 18.2 Å². The highest BCUT2D eigenvalue weighted by atomic mass is 35.5. The second-order valence-corrected chi connectivity index (χ2v) is 8.52. The summed E-state index contributed by atoms with van der Waals surface area (Å²) >= 11 is 8.65. The number of hydrogen-bond acceptors (Lipinski definition) is 8. The van der Waals surface area contributed by atoms with Crippen molar-refractivity contribution in [3.8, 4) is 0 Å². The Kier molecular flexibility index (Phi) is 7.09. The summed E-state index contributed by atoms with van der Waals surface area (Å²) in [6.45, 7) is 3.60. The van der Waals surface area contributed by atoms with E-state index in [4.69, 9.17) is 22.1 Å². The van der Waals surface area contributed by atoms with Crippen LogP contribution in [0.25, 0.3) is 0 Å². The van der Waals surface area contributed by atoms with Crippen LogP contribution in [0.15, 0.2) is 28.6 Å². The molecule has 1 saturated heterocycles. The topological polar surface area (TPSA) is 93.4 Å². The molecule has 0 unspecified atom stereocenters. The highest BCUT2D eigenvalue weighted by Gasteiger charge is 2.21. The summed E-state index contributed by atoms with van der Waals surface area (Å²) in [5.74, 6) is 0.229. The minimum Gasteiger partial charge on any atom is -0.374 e. The fourth-order valence-electron chi connectivity index (χ4n) is 2.63. The third-order valence-corrected chi connectivity index (χ3v) is 5.91. The number of benzene rings is 1. The molecule has 3 rings (SSSR count). The minimum atomic E-state index is -0.0562. The van der Waals surface area contributed by atoms with Gasteiger partial charge >= 0.3 is 0 Å². The number of morpholine rings is 1. The monoisotopic (exact) mass is 413 g/mol. The van der Waals surface area contributed by atoms with E-state index in [0.29, 0.717) is 22.6 Å². The second-order valence-electron chi connectivity index (χ2n) is 5.86. The van der Waals surface area contributed by atoms with E-state index >= 15 is 0 Å². The molecule has 1 atom stereocenters. The zero-order chi connectivity index (χ0) is 18.4. The Bertz CT molecular complexity index is 745. The Labute approximate surface area is 165 Å². The molecule has 1 aromatic carbocycles. The third-order valence-electron chi connectivity index (χ3n) is 3.79. The van der Waals surface area contributed by atoms with Crippen LogP contribution >= 0.6 is 34.7 Å². The number of nitrogen functional groups attached to an aromatic ring is 1. The summed E-state index contributed by atoms with van der Waals surface area (Å²) in [6.07, 6.45) is -0.0194. The van der Waals surface area contributed by atoms with Crippen LogP contribution in [0.3, 0.4) is 0 Å². The normalized spacial score (nSPS) is 18.0. The van der Waals surface area contributed by atoms with Gasteiger partial charge in [0.25, 0.3) is 0 Å². The first-order valence-electron chi connectivity index (χ1n) is 8.15. The lowest BCUT2D eigenvalue weighted by molar-refractivity contribution is -0.119. The average Bonchev–Trinajstić information content (AvgIpc) is 3.04. The van der Waals surface area contributed by atoms with Crippen molar-refractivity contribution < 1.29 is 9.53 Å². The number of nitrogens with zero attached hydrogens (tertiary/aromatic N) is 3. The molecule has 2 heterocycles. The molecule has 10 heteroatoms. The Morgan fingerprint density at radius 1 is 1.50 bits per heavy atom. The number of anilines is 1. The third kappa shape index (κ3) is 6.10. The number of ether oxygens (including phenoxy) is 1. The fraction of sp³-hybridized carbons (Fsp3) is 0.438. The highest BCUT2D eigenvalue weighted by molar-refractivity contribution is 8.01. The average molecular weight is 414 g/mol. The predicted molar refractivity (Wildman–Crippen MR) is 105 cm³/mol. The largest absolute Gasteiger partial charge is 0.374 e. The van der Waals surface area contributed by atoms with Crippen molar-refractivity contribution in [3.05, 3.63) is 34.9 Å². The fourth-order valence-corrected chi connectivity index (χ4v) is 4.30. The van der Waals surface area contributed by atoms with Crippen molar-refractivity contribution in [1.82, 2.24) is 20.4 Å². The number of hydrogen-bond donors (Lipinski definition) is 2. The summed E-state index contributed by atoms with van der Waals surface area (Å²) in [4.78, 5) is 14.3. The minimum absolute atomic E-state index is 0.0194. The maximum absolute atomic E-state index is 12.0. The van der Waals surface area contributed by atoms with E-state index in [1.54, 1.807) is 0 Å². The number of amides is 1. The van der Waals surface area contributed by atoms with Gasteiger partial charge in [0, 0.05) is 31.2 Å². The zero-order valence-electron chi connectivity index (χ0n) is 14.1. The smallest absolute Gasteiger partial charge is 0.230 e. The molecule has 7 nitrogen and oxygen atoms in total. The summed E-state index contributed by atoms with van der Waals surface area (Å²) in [5.41, 5.74) is 6.70. The molecular formula is C16H20ClN5O2S2. The number of aromatic nitrogens is 2. The molecule has 0 saturated carbocycles. The quantitative estimate of drug-likeness (QED) is 0.669. The van der Waals surface area contributed by atoms with Gasteiger partial charge in [-0.1, -0.05) is 46.8 Å². The molecule has 1 fully saturated rings. The maximum Gasteiger partial charge on any atom is 0.230 e. The molecule has 0 radical (unpaired) electrons. The van der Waals surface area contributed by atoms with Crippen molar-refractivity contribution in [1.29, 1.82) is 0 Å². The molecule has 1 amide bonds. The molecule has 0 spiro atoms. The zero-order valence-corrected chi connectivity index (χ0v) is 16.4. The lowest BCUT2D eigenvalue weighted by Crippen LogP contribution is -2.47. The van der Waals surface area contributed by atoms with Gasteiger partial charge < -0.3 is 15.8 Å². The van der Waals surface area contributed by atoms with E-state index in [9.17, 15) is 4.79 Å².